The fourth-order valence-corrected chi connectivity index (χ4v) is 1.90. The van der Waals surface area contributed by atoms with Crippen LogP contribution in [0.15, 0.2) is 24.3 Å². The maximum atomic E-state index is 12.0. The average molecular weight is 312 g/mol. The number of carbonyl (C=O) groups excluding carboxylic acids is 1. The molecule has 2 atom stereocenters. The van der Waals surface area contributed by atoms with Gasteiger partial charge in [-0.25, -0.2) is 9.59 Å². The molecule has 0 amide bonds. The highest BCUT2D eigenvalue weighted by molar-refractivity contribution is 5.92. The van der Waals surface area contributed by atoms with Crippen molar-refractivity contribution in [3.8, 4) is 0 Å². The minimum absolute atomic E-state index is 0.0476. The fourth-order valence-electron chi connectivity index (χ4n) is 1.90. The Morgan fingerprint density at radius 1 is 1.00 bits per heavy atom. The molecule has 0 spiro atoms. The first-order chi connectivity index (χ1) is 10.5. The number of aliphatic hydroxyl groups is 3. The summed E-state index contributed by atoms with van der Waals surface area (Å²) in [5.41, 5.74) is 0.203. The fraction of sp³-hybridized carbons (Fsp3) is 0.467. The highest BCUT2D eigenvalue weighted by atomic mass is 16.6. The first-order valence-corrected chi connectivity index (χ1v) is 6.93. The van der Waals surface area contributed by atoms with Crippen molar-refractivity contribution >= 4 is 11.9 Å². The molecule has 7 heteroatoms. The van der Waals surface area contributed by atoms with Crippen LogP contribution >= 0.6 is 0 Å². The SMILES string of the molecule is O=C(O)c1ccc(C(=O)OC(CCO)C(O)CCCO)cc1. The van der Waals surface area contributed by atoms with Crippen molar-refractivity contribution in [3.05, 3.63) is 35.4 Å². The van der Waals surface area contributed by atoms with Crippen molar-refractivity contribution < 1.29 is 34.8 Å². The summed E-state index contributed by atoms with van der Waals surface area (Å²) in [6.07, 6.45) is -1.20. The average Bonchev–Trinajstić information content (AvgIpc) is 2.52. The number of hydrogen-bond acceptors (Lipinski definition) is 6. The summed E-state index contributed by atoms with van der Waals surface area (Å²) >= 11 is 0. The number of hydrogen-bond donors (Lipinski definition) is 4. The maximum Gasteiger partial charge on any atom is 0.338 e. The van der Waals surface area contributed by atoms with E-state index in [1.165, 1.54) is 24.3 Å². The van der Waals surface area contributed by atoms with Crippen LogP contribution in [0.2, 0.25) is 0 Å². The Morgan fingerprint density at radius 2 is 1.59 bits per heavy atom. The van der Waals surface area contributed by atoms with E-state index in [2.05, 4.69) is 0 Å². The highest BCUT2D eigenvalue weighted by Gasteiger charge is 2.23. The molecule has 22 heavy (non-hydrogen) atoms. The lowest BCUT2D eigenvalue weighted by atomic mass is 10.1. The molecule has 0 aliphatic heterocycles. The van der Waals surface area contributed by atoms with Crippen LogP contribution in [0.5, 0.6) is 0 Å². The van der Waals surface area contributed by atoms with Gasteiger partial charge in [0, 0.05) is 19.6 Å². The molecule has 7 nitrogen and oxygen atoms in total. The summed E-state index contributed by atoms with van der Waals surface area (Å²) in [4.78, 5) is 22.7. The van der Waals surface area contributed by atoms with E-state index in [9.17, 15) is 14.7 Å². The number of esters is 1. The lowest BCUT2D eigenvalue weighted by Crippen LogP contribution is -2.32. The highest BCUT2D eigenvalue weighted by Crippen LogP contribution is 2.14. The molecule has 0 fully saturated rings. The molecule has 0 heterocycles. The summed E-state index contributed by atoms with van der Waals surface area (Å²) in [7, 11) is 0. The van der Waals surface area contributed by atoms with Gasteiger partial charge in [0.25, 0.3) is 0 Å². The zero-order valence-corrected chi connectivity index (χ0v) is 12.0. The first-order valence-electron chi connectivity index (χ1n) is 6.93. The van der Waals surface area contributed by atoms with Crippen LogP contribution in [0.1, 0.15) is 40.0 Å². The second-order valence-electron chi connectivity index (χ2n) is 4.77. The van der Waals surface area contributed by atoms with Crippen LogP contribution in [0.3, 0.4) is 0 Å². The molecule has 122 valence electrons. The second kappa shape index (κ2) is 9.14. The summed E-state index contributed by atoms with van der Waals surface area (Å²) < 4.78 is 5.16. The van der Waals surface area contributed by atoms with Gasteiger partial charge in [-0.15, -0.1) is 0 Å². The molecule has 0 aliphatic carbocycles. The molecule has 0 radical (unpaired) electrons. The van der Waals surface area contributed by atoms with Gasteiger partial charge in [-0.3, -0.25) is 0 Å². The van der Waals surface area contributed by atoms with E-state index in [-0.39, 0.29) is 37.2 Å². The van der Waals surface area contributed by atoms with Crippen LogP contribution in [0, 0.1) is 0 Å². The van der Waals surface area contributed by atoms with Crippen molar-refractivity contribution in [1.29, 1.82) is 0 Å². The molecule has 4 N–H and O–H groups in total. The zero-order chi connectivity index (χ0) is 16.5. The molecule has 1 aromatic rings. The van der Waals surface area contributed by atoms with E-state index in [0.29, 0.717) is 6.42 Å². The number of carboxylic acids is 1. The van der Waals surface area contributed by atoms with Gasteiger partial charge in [-0.2, -0.15) is 0 Å². The largest absolute Gasteiger partial charge is 0.478 e. The topological polar surface area (TPSA) is 124 Å². The molecule has 0 saturated carbocycles. The Labute approximate surface area is 127 Å². The monoisotopic (exact) mass is 312 g/mol. The number of aromatic carboxylic acids is 1. The van der Waals surface area contributed by atoms with Crippen LogP contribution in [-0.2, 0) is 4.74 Å². The number of carboxylic acid groups (broad SMARTS) is 1. The van der Waals surface area contributed by atoms with Crippen molar-refractivity contribution in [1.82, 2.24) is 0 Å². The molecular weight excluding hydrogens is 292 g/mol. The number of ether oxygens (including phenoxy) is 1. The maximum absolute atomic E-state index is 12.0. The molecular formula is C15H20O7. The van der Waals surface area contributed by atoms with E-state index >= 15 is 0 Å². The molecule has 0 aromatic heterocycles. The standard InChI is InChI=1S/C15H20O7/c16-8-1-2-12(18)13(7-9-17)22-15(21)11-5-3-10(4-6-11)14(19)20/h3-6,12-13,16-18H,1-2,7-9H2,(H,19,20). The summed E-state index contributed by atoms with van der Waals surface area (Å²) in [6, 6.07) is 5.20. The number of benzene rings is 1. The van der Waals surface area contributed by atoms with Crippen LogP contribution < -0.4 is 0 Å². The lowest BCUT2D eigenvalue weighted by Gasteiger charge is -2.22. The van der Waals surface area contributed by atoms with Gasteiger partial charge in [0.15, 0.2) is 0 Å². The van der Waals surface area contributed by atoms with Gasteiger partial charge < -0.3 is 25.2 Å². The minimum atomic E-state index is -1.10. The van der Waals surface area contributed by atoms with Crippen LogP contribution in [0.25, 0.3) is 0 Å². The molecule has 0 aliphatic rings. The molecule has 0 bridgehead atoms. The number of rotatable bonds is 9. The summed E-state index contributed by atoms with van der Waals surface area (Å²) in [5.74, 6) is -1.81. The predicted octanol–water partition coefficient (Wildman–Crippen LogP) is 0.426. The molecule has 2 unspecified atom stereocenters. The van der Waals surface area contributed by atoms with E-state index in [1.54, 1.807) is 0 Å². The third-order valence-electron chi connectivity index (χ3n) is 3.13. The Morgan fingerprint density at radius 3 is 2.09 bits per heavy atom. The number of carbonyl (C=O) groups is 2. The van der Waals surface area contributed by atoms with E-state index in [4.69, 9.17) is 20.1 Å². The third-order valence-corrected chi connectivity index (χ3v) is 3.13. The van der Waals surface area contributed by atoms with Crippen molar-refractivity contribution in [2.45, 2.75) is 31.5 Å². The van der Waals surface area contributed by atoms with E-state index < -0.39 is 24.1 Å². The van der Waals surface area contributed by atoms with Crippen LogP contribution in [-0.4, -0.2) is 57.8 Å². The van der Waals surface area contributed by atoms with Gasteiger partial charge in [0.2, 0.25) is 0 Å². The van der Waals surface area contributed by atoms with Crippen LogP contribution in [0.4, 0.5) is 0 Å². The van der Waals surface area contributed by atoms with Gasteiger partial charge in [0.05, 0.1) is 17.2 Å². The quantitative estimate of drug-likeness (QED) is 0.487. The van der Waals surface area contributed by atoms with Gasteiger partial charge in [0.1, 0.15) is 6.10 Å². The van der Waals surface area contributed by atoms with Crippen molar-refractivity contribution in [2.24, 2.45) is 0 Å². The third kappa shape index (κ3) is 5.44. The van der Waals surface area contributed by atoms with Gasteiger partial charge >= 0.3 is 11.9 Å². The summed E-state index contributed by atoms with van der Waals surface area (Å²) in [6.45, 7) is -0.348. The summed E-state index contributed by atoms with van der Waals surface area (Å²) in [5, 5.41) is 36.4. The van der Waals surface area contributed by atoms with E-state index in [0.717, 1.165) is 0 Å². The predicted molar refractivity (Wildman–Crippen MR) is 76.6 cm³/mol. The van der Waals surface area contributed by atoms with Gasteiger partial charge in [-0.05, 0) is 37.1 Å². The molecule has 1 aromatic carbocycles. The van der Waals surface area contributed by atoms with E-state index in [1.807, 2.05) is 0 Å². The Hall–Kier alpha value is -1.96. The van der Waals surface area contributed by atoms with Gasteiger partial charge in [-0.1, -0.05) is 0 Å². The normalized spacial score (nSPS) is 13.4. The minimum Gasteiger partial charge on any atom is -0.478 e. The number of aliphatic hydroxyl groups excluding tert-OH is 3. The van der Waals surface area contributed by atoms with Crippen molar-refractivity contribution in [3.63, 3.8) is 0 Å². The zero-order valence-electron chi connectivity index (χ0n) is 12.0. The molecule has 0 saturated heterocycles. The lowest BCUT2D eigenvalue weighted by molar-refractivity contribution is -0.0309. The Bertz CT molecular complexity index is 483. The Kier molecular flexibility index (Phi) is 7.51. The Balaban J connectivity index is 2.71. The molecule has 1 rings (SSSR count). The second-order valence-corrected chi connectivity index (χ2v) is 4.77. The van der Waals surface area contributed by atoms with Crippen molar-refractivity contribution in [2.75, 3.05) is 13.2 Å². The first kappa shape index (κ1) is 18.1. The smallest absolute Gasteiger partial charge is 0.338 e.